The first-order chi connectivity index (χ1) is 13.8. The average Bonchev–Trinajstić information content (AvgIpc) is 2.92. The van der Waals surface area contributed by atoms with E-state index in [1.165, 1.54) is 10.7 Å². The molecule has 0 fully saturated rings. The molecule has 0 unspecified atom stereocenters. The highest BCUT2D eigenvalue weighted by Crippen LogP contribution is 2.30. The van der Waals surface area contributed by atoms with Gasteiger partial charge in [0.1, 0.15) is 5.69 Å². The summed E-state index contributed by atoms with van der Waals surface area (Å²) >= 11 is 6.21. The lowest BCUT2D eigenvalue weighted by Crippen LogP contribution is -2.23. The number of benzene rings is 3. The van der Waals surface area contributed by atoms with Crippen LogP contribution in [-0.4, -0.2) is 17.8 Å². The molecule has 0 saturated heterocycles. The van der Waals surface area contributed by atoms with E-state index in [9.17, 15) is 13.2 Å². The Labute approximate surface area is 173 Å². The number of anilines is 1. The Balaban J connectivity index is 1.86. The summed E-state index contributed by atoms with van der Waals surface area (Å²) in [5.74, 6) is 0. The van der Waals surface area contributed by atoms with Crippen molar-refractivity contribution in [3.8, 4) is 5.69 Å². The molecule has 0 aliphatic heterocycles. The second-order valence-electron chi connectivity index (χ2n) is 6.63. The van der Waals surface area contributed by atoms with Crippen LogP contribution in [0.4, 0.5) is 5.69 Å². The Hall–Kier alpha value is -3.03. The molecule has 8 heteroatoms. The number of fused-ring (bicyclic) bond motifs is 1. The lowest BCUT2D eigenvalue weighted by molar-refractivity contribution is 0.602. The summed E-state index contributed by atoms with van der Waals surface area (Å²) < 4.78 is 31.9. The van der Waals surface area contributed by atoms with Crippen molar-refractivity contribution in [2.24, 2.45) is 7.05 Å². The van der Waals surface area contributed by atoms with Gasteiger partial charge in [-0.2, -0.15) is 0 Å². The van der Waals surface area contributed by atoms with Gasteiger partial charge in [-0.1, -0.05) is 54.1 Å². The SMILES string of the molecule is Cc1c(NS(=O)(=O)c2ccc(Cl)c3ccccc23)c(=O)n(-c2ccccc2)n1C. The van der Waals surface area contributed by atoms with E-state index in [-0.39, 0.29) is 10.6 Å². The average molecular weight is 428 g/mol. The first-order valence-corrected chi connectivity index (χ1v) is 10.7. The molecule has 148 valence electrons. The van der Waals surface area contributed by atoms with Gasteiger partial charge in [0.25, 0.3) is 15.6 Å². The number of hydrogen-bond acceptors (Lipinski definition) is 3. The summed E-state index contributed by atoms with van der Waals surface area (Å²) in [4.78, 5) is 13.1. The zero-order chi connectivity index (χ0) is 20.8. The molecule has 0 bridgehead atoms. The minimum absolute atomic E-state index is 0.00961. The van der Waals surface area contributed by atoms with Gasteiger partial charge < -0.3 is 0 Å². The second kappa shape index (κ2) is 7.09. The summed E-state index contributed by atoms with van der Waals surface area (Å²) in [6.07, 6.45) is 0. The van der Waals surface area contributed by atoms with Crippen LogP contribution in [0, 0.1) is 6.92 Å². The molecule has 0 saturated carbocycles. The fourth-order valence-electron chi connectivity index (χ4n) is 3.34. The Bertz CT molecular complexity index is 1390. The van der Waals surface area contributed by atoms with Crippen LogP contribution in [0.1, 0.15) is 5.69 Å². The van der Waals surface area contributed by atoms with Crippen LogP contribution in [-0.2, 0) is 17.1 Å². The minimum Gasteiger partial charge on any atom is -0.283 e. The highest BCUT2D eigenvalue weighted by molar-refractivity contribution is 7.93. The normalized spacial score (nSPS) is 11.7. The largest absolute Gasteiger partial charge is 0.296 e. The van der Waals surface area contributed by atoms with E-state index in [1.807, 2.05) is 18.2 Å². The number of sulfonamides is 1. The van der Waals surface area contributed by atoms with Gasteiger partial charge in [0, 0.05) is 22.8 Å². The van der Waals surface area contributed by atoms with E-state index in [0.29, 0.717) is 27.2 Å². The maximum atomic E-state index is 13.2. The summed E-state index contributed by atoms with van der Waals surface area (Å²) in [6, 6.07) is 19.0. The molecule has 4 rings (SSSR count). The van der Waals surface area contributed by atoms with Crippen molar-refractivity contribution in [1.29, 1.82) is 0 Å². The highest BCUT2D eigenvalue weighted by atomic mass is 35.5. The van der Waals surface area contributed by atoms with Crippen molar-refractivity contribution in [3.05, 3.63) is 87.8 Å². The van der Waals surface area contributed by atoms with Gasteiger partial charge in [-0.15, -0.1) is 0 Å². The number of hydrogen-bond donors (Lipinski definition) is 1. The number of para-hydroxylation sites is 1. The quantitative estimate of drug-likeness (QED) is 0.533. The summed E-state index contributed by atoms with van der Waals surface area (Å²) in [5.41, 5.74) is 0.708. The van der Waals surface area contributed by atoms with E-state index < -0.39 is 15.6 Å². The van der Waals surface area contributed by atoms with Crippen LogP contribution in [0.2, 0.25) is 5.02 Å². The molecule has 0 aliphatic rings. The molecule has 1 aromatic heterocycles. The molecule has 3 aromatic carbocycles. The lowest BCUT2D eigenvalue weighted by atomic mass is 10.1. The maximum absolute atomic E-state index is 13.2. The van der Waals surface area contributed by atoms with Crippen molar-refractivity contribution in [2.75, 3.05) is 4.72 Å². The summed E-state index contributed by atoms with van der Waals surface area (Å²) in [7, 11) is -2.32. The van der Waals surface area contributed by atoms with E-state index in [2.05, 4.69) is 4.72 Å². The van der Waals surface area contributed by atoms with Crippen LogP contribution in [0.5, 0.6) is 0 Å². The predicted molar refractivity (Wildman–Crippen MR) is 116 cm³/mol. The van der Waals surface area contributed by atoms with Gasteiger partial charge in [0.15, 0.2) is 0 Å². The van der Waals surface area contributed by atoms with Gasteiger partial charge in [-0.3, -0.25) is 14.2 Å². The van der Waals surface area contributed by atoms with Gasteiger partial charge in [-0.05, 0) is 31.2 Å². The predicted octanol–water partition coefficient (Wildman–Crippen LogP) is 4.09. The van der Waals surface area contributed by atoms with Crippen molar-refractivity contribution < 1.29 is 8.42 Å². The molecule has 0 radical (unpaired) electrons. The first kappa shape index (κ1) is 19.3. The van der Waals surface area contributed by atoms with E-state index in [0.717, 1.165) is 0 Å². The fraction of sp³-hybridized carbons (Fsp3) is 0.0952. The Morgan fingerprint density at radius 2 is 1.52 bits per heavy atom. The van der Waals surface area contributed by atoms with Crippen molar-refractivity contribution in [1.82, 2.24) is 9.36 Å². The summed E-state index contributed by atoms with van der Waals surface area (Å²) in [6.45, 7) is 1.69. The van der Waals surface area contributed by atoms with E-state index in [4.69, 9.17) is 11.6 Å². The molecule has 0 atom stereocenters. The Kier molecular flexibility index (Phi) is 4.72. The van der Waals surface area contributed by atoms with Gasteiger partial charge in [-0.25, -0.2) is 13.1 Å². The van der Waals surface area contributed by atoms with E-state index in [1.54, 1.807) is 61.1 Å². The molecule has 6 nitrogen and oxygen atoms in total. The number of nitrogens with one attached hydrogen (secondary N) is 1. The molecule has 0 spiro atoms. The maximum Gasteiger partial charge on any atom is 0.296 e. The third kappa shape index (κ3) is 3.22. The van der Waals surface area contributed by atoms with Crippen LogP contribution in [0.25, 0.3) is 16.5 Å². The Morgan fingerprint density at radius 3 is 2.21 bits per heavy atom. The van der Waals surface area contributed by atoms with Gasteiger partial charge in [0.05, 0.1) is 16.3 Å². The van der Waals surface area contributed by atoms with E-state index >= 15 is 0 Å². The highest BCUT2D eigenvalue weighted by Gasteiger charge is 2.24. The fourth-order valence-corrected chi connectivity index (χ4v) is 4.90. The monoisotopic (exact) mass is 427 g/mol. The standard InChI is InChI=1S/C21H18ClN3O3S/c1-14-20(21(26)25(24(14)2)15-8-4-3-5-9-15)23-29(27,28)19-13-12-18(22)16-10-6-7-11-17(16)19/h3-13,23H,1-2H3. The molecule has 0 aliphatic carbocycles. The molecular weight excluding hydrogens is 410 g/mol. The third-order valence-electron chi connectivity index (χ3n) is 4.91. The molecule has 0 amide bonds. The van der Waals surface area contributed by atoms with Crippen LogP contribution in [0.15, 0.2) is 76.4 Å². The lowest BCUT2D eigenvalue weighted by Gasteiger charge is -2.10. The zero-order valence-electron chi connectivity index (χ0n) is 15.8. The van der Waals surface area contributed by atoms with Crippen molar-refractivity contribution in [3.63, 3.8) is 0 Å². The van der Waals surface area contributed by atoms with Gasteiger partial charge >= 0.3 is 0 Å². The topological polar surface area (TPSA) is 73.1 Å². The van der Waals surface area contributed by atoms with Gasteiger partial charge in [0.2, 0.25) is 0 Å². The second-order valence-corrected chi connectivity index (χ2v) is 8.69. The van der Waals surface area contributed by atoms with Crippen molar-refractivity contribution in [2.45, 2.75) is 11.8 Å². The van der Waals surface area contributed by atoms with Crippen LogP contribution < -0.4 is 10.3 Å². The number of rotatable bonds is 4. The number of halogens is 1. The molecule has 4 aromatic rings. The molecular formula is C21H18ClN3O3S. The van der Waals surface area contributed by atoms with Crippen LogP contribution >= 0.6 is 11.6 Å². The smallest absolute Gasteiger partial charge is 0.283 e. The Morgan fingerprint density at radius 1 is 0.897 bits per heavy atom. The number of aromatic nitrogens is 2. The third-order valence-corrected chi connectivity index (χ3v) is 6.65. The molecule has 1 heterocycles. The minimum atomic E-state index is -4.02. The first-order valence-electron chi connectivity index (χ1n) is 8.85. The van der Waals surface area contributed by atoms with Crippen molar-refractivity contribution >= 4 is 38.1 Å². The molecule has 1 N–H and O–H groups in total. The van der Waals surface area contributed by atoms with Crippen LogP contribution in [0.3, 0.4) is 0 Å². The summed E-state index contributed by atoms with van der Waals surface area (Å²) in [5, 5.41) is 1.58. The molecule has 29 heavy (non-hydrogen) atoms. The zero-order valence-corrected chi connectivity index (χ0v) is 17.3. The number of nitrogens with zero attached hydrogens (tertiary/aromatic N) is 2.